The molecule has 0 unspecified atom stereocenters. The highest BCUT2D eigenvalue weighted by Crippen LogP contribution is 2.30. The van der Waals surface area contributed by atoms with E-state index in [4.69, 9.17) is 26.8 Å². The molecular weight excluding hydrogens is 420 g/mol. The van der Waals surface area contributed by atoms with Crippen molar-refractivity contribution >= 4 is 35.0 Å². The van der Waals surface area contributed by atoms with Crippen LogP contribution in [0, 0.1) is 0 Å². The van der Waals surface area contributed by atoms with Crippen molar-refractivity contribution in [1.82, 2.24) is 10.3 Å². The van der Waals surface area contributed by atoms with E-state index in [0.29, 0.717) is 12.2 Å². The Hall–Kier alpha value is -3.00. The summed E-state index contributed by atoms with van der Waals surface area (Å²) in [6, 6.07) is 9.52. The Morgan fingerprint density at radius 1 is 1.19 bits per heavy atom. The average Bonchev–Trinajstić information content (AvgIpc) is 2.76. The van der Waals surface area contributed by atoms with Crippen molar-refractivity contribution in [3.05, 3.63) is 52.8 Å². The Balaban J connectivity index is 1.73. The number of hydrogen-bond donors (Lipinski definition) is 3. The number of rotatable bonds is 11. The van der Waals surface area contributed by atoms with Gasteiger partial charge in [-0.05, 0) is 38.7 Å². The molecule has 31 heavy (non-hydrogen) atoms. The molecule has 0 saturated heterocycles. The van der Waals surface area contributed by atoms with Gasteiger partial charge in [0.25, 0.3) is 0 Å². The van der Waals surface area contributed by atoms with E-state index in [-0.39, 0.29) is 35.7 Å². The lowest BCUT2D eigenvalue weighted by Crippen LogP contribution is -2.25. The van der Waals surface area contributed by atoms with Crippen LogP contribution in [0.15, 0.2) is 36.5 Å². The lowest BCUT2D eigenvalue weighted by Gasteiger charge is -2.19. The van der Waals surface area contributed by atoms with E-state index in [2.05, 4.69) is 15.6 Å². The van der Waals surface area contributed by atoms with Crippen LogP contribution in [-0.2, 0) is 16.1 Å². The second kappa shape index (κ2) is 12.6. The summed E-state index contributed by atoms with van der Waals surface area (Å²) in [4.78, 5) is 27.9. The van der Waals surface area contributed by atoms with Crippen molar-refractivity contribution in [1.29, 1.82) is 0 Å². The first-order valence-corrected chi connectivity index (χ1v) is 10.6. The van der Waals surface area contributed by atoms with Crippen molar-refractivity contribution in [3.63, 3.8) is 0 Å². The van der Waals surface area contributed by atoms with Crippen LogP contribution in [-0.4, -0.2) is 36.2 Å². The molecule has 1 atom stereocenters. The number of aromatic nitrogens is 1. The van der Waals surface area contributed by atoms with Gasteiger partial charge in [-0.2, -0.15) is 0 Å². The van der Waals surface area contributed by atoms with Crippen LogP contribution in [0.1, 0.15) is 49.0 Å². The fourth-order valence-corrected chi connectivity index (χ4v) is 3.02. The molecule has 1 aromatic carbocycles. The zero-order valence-electron chi connectivity index (χ0n) is 17.8. The molecule has 8 nitrogen and oxygen atoms in total. The number of carbonyl (C=O) groups excluding carboxylic acids is 2. The zero-order valence-corrected chi connectivity index (χ0v) is 18.6. The Morgan fingerprint density at radius 3 is 2.65 bits per heavy atom. The van der Waals surface area contributed by atoms with Gasteiger partial charge in [0.15, 0.2) is 5.15 Å². The molecule has 0 radical (unpaired) electrons. The third-order valence-corrected chi connectivity index (χ3v) is 4.80. The Morgan fingerprint density at radius 2 is 1.94 bits per heavy atom. The molecule has 0 bridgehead atoms. The number of benzene rings is 1. The maximum Gasteiger partial charge on any atom is 0.407 e. The first-order valence-electron chi connectivity index (χ1n) is 10.2. The first-order chi connectivity index (χ1) is 14.9. The first kappa shape index (κ1) is 24.3. The second-order valence-electron chi connectivity index (χ2n) is 7.00. The largest absolute Gasteiger partial charge is 0.462 e. The number of hydrogen-bond acceptors (Lipinski definition) is 7. The van der Waals surface area contributed by atoms with Crippen molar-refractivity contribution in [2.24, 2.45) is 0 Å². The average molecular weight is 449 g/mol. The molecule has 0 aliphatic carbocycles. The van der Waals surface area contributed by atoms with Gasteiger partial charge < -0.3 is 25.8 Å². The Bertz CT molecular complexity index is 864. The quantitative estimate of drug-likeness (QED) is 0.265. The summed E-state index contributed by atoms with van der Waals surface area (Å²) < 4.78 is 10.2. The molecule has 2 aromatic rings. The summed E-state index contributed by atoms with van der Waals surface area (Å²) >= 11 is 6.01. The van der Waals surface area contributed by atoms with Gasteiger partial charge in [0.2, 0.25) is 0 Å². The van der Waals surface area contributed by atoms with Crippen molar-refractivity contribution in [2.75, 3.05) is 24.2 Å². The van der Waals surface area contributed by atoms with Gasteiger partial charge in [-0.15, -0.1) is 0 Å². The number of ether oxygens (including phenoxy) is 2. The van der Waals surface area contributed by atoms with E-state index >= 15 is 0 Å². The lowest BCUT2D eigenvalue weighted by molar-refractivity contribution is 0.0527. The SMILES string of the molecule is CCOC(=O)c1cnc(Cl)c(N)c1N[C@@H](C)CCCCNC(=O)OCc1ccccc1. The summed E-state index contributed by atoms with van der Waals surface area (Å²) in [7, 11) is 0. The van der Waals surface area contributed by atoms with Crippen LogP contribution < -0.4 is 16.4 Å². The number of unbranched alkanes of at least 4 members (excludes halogenated alkanes) is 1. The van der Waals surface area contributed by atoms with E-state index < -0.39 is 12.1 Å². The number of nitrogens with two attached hydrogens (primary N) is 1. The molecule has 1 aromatic heterocycles. The minimum absolute atomic E-state index is 0.0129. The minimum Gasteiger partial charge on any atom is -0.462 e. The van der Waals surface area contributed by atoms with Gasteiger partial charge >= 0.3 is 12.1 Å². The van der Waals surface area contributed by atoms with Crippen LogP contribution in [0.25, 0.3) is 0 Å². The Labute approximate surface area is 187 Å². The van der Waals surface area contributed by atoms with E-state index in [0.717, 1.165) is 24.8 Å². The number of esters is 1. The Kier molecular flexibility index (Phi) is 9.90. The predicted octanol–water partition coefficient (Wildman–Crippen LogP) is 4.39. The zero-order chi connectivity index (χ0) is 22.6. The molecule has 2 rings (SSSR count). The highest BCUT2D eigenvalue weighted by atomic mass is 35.5. The summed E-state index contributed by atoms with van der Waals surface area (Å²) in [5, 5.41) is 6.10. The van der Waals surface area contributed by atoms with Crippen molar-refractivity contribution in [3.8, 4) is 0 Å². The smallest absolute Gasteiger partial charge is 0.407 e. The topological polar surface area (TPSA) is 116 Å². The molecule has 0 saturated carbocycles. The van der Waals surface area contributed by atoms with Gasteiger partial charge in [-0.3, -0.25) is 0 Å². The predicted molar refractivity (Wildman–Crippen MR) is 121 cm³/mol. The fourth-order valence-electron chi connectivity index (χ4n) is 2.88. The number of pyridine rings is 1. The number of alkyl carbamates (subject to hydrolysis) is 1. The third kappa shape index (κ3) is 7.97. The molecule has 168 valence electrons. The second-order valence-corrected chi connectivity index (χ2v) is 7.36. The van der Waals surface area contributed by atoms with Crippen LogP contribution >= 0.6 is 11.6 Å². The molecule has 1 heterocycles. The van der Waals surface area contributed by atoms with Gasteiger partial charge in [0.1, 0.15) is 12.2 Å². The van der Waals surface area contributed by atoms with E-state index in [9.17, 15) is 9.59 Å². The summed E-state index contributed by atoms with van der Waals surface area (Å²) in [6.07, 6.45) is 3.34. The van der Waals surface area contributed by atoms with E-state index in [1.807, 2.05) is 37.3 Å². The third-order valence-electron chi connectivity index (χ3n) is 4.50. The van der Waals surface area contributed by atoms with Gasteiger partial charge in [0, 0.05) is 18.8 Å². The van der Waals surface area contributed by atoms with Crippen molar-refractivity contribution in [2.45, 2.75) is 45.8 Å². The fraction of sp³-hybridized carbons (Fsp3) is 0.409. The standard InChI is InChI=1S/C22H29ClN4O4/c1-3-30-21(28)17-13-26-20(23)18(24)19(17)27-15(2)9-7-8-12-25-22(29)31-14-16-10-5-4-6-11-16/h4-6,10-11,13,15H,3,7-9,12,14,24H2,1-2H3,(H,25,29)(H,26,27)/t15-/m0/s1. The molecule has 0 aliphatic rings. The van der Waals surface area contributed by atoms with Crippen LogP contribution in [0.5, 0.6) is 0 Å². The van der Waals surface area contributed by atoms with Gasteiger partial charge in [-0.25, -0.2) is 14.6 Å². The van der Waals surface area contributed by atoms with Crippen molar-refractivity contribution < 1.29 is 19.1 Å². The minimum atomic E-state index is -0.508. The summed E-state index contributed by atoms with van der Waals surface area (Å²) in [5.41, 5.74) is 7.84. The number of carbonyl (C=O) groups is 2. The van der Waals surface area contributed by atoms with Crippen LogP contribution in [0.4, 0.5) is 16.2 Å². The van der Waals surface area contributed by atoms with E-state index in [1.54, 1.807) is 6.92 Å². The van der Waals surface area contributed by atoms with E-state index in [1.165, 1.54) is 6.20 Å². The van der Waals surface area contributed by atoms with Gasteiger partial charge in [-0.1, -0.05) is 41.9 Å². The molecular formula is C22H29ClN4O4. The number of halogens is 1. The number of nitrogen functional groups attached to an aromatic ring is 1. The number of nitrogens with zero attached hydrogens (tertiary/aromatic N) is 1. The molecule has 1 amide bonds. The summed E-state index contributed by atoms with van der Waals surface area (Å²) in [5.74, 6) is -0.508. The summed E-state index contributed by atoms with van der Waals surface area (Å²) in [6.45, 7) is 4.71. The molecule has 0 fully saturated rings. The molecule has 9 heteroatoms. The lowest BCUT2D eigenvalue weighted by atomic mass is 10.1. The molecule has 4 N–H and O–H groups in total. The number of anilines is 2. The molecule has 0 spiro atoms. The number of amides is 1. The highest BCUT2D eigenvalue weighted by molar-refractivity contribution is 6.32. The highest BCUT2D eigenvalue weighted by Gasteiger charge is 2.19. The van der Waals surface area contributed by atoms with Crippen LogP contribution in [0.2, 0.25) is 5.15 Å². The molecule has 0 aliphatic heterocycles. The monoisotopic (exact) mass is 448 g/mol. The number of nitrogens with one attached hydrogen (secondary N) is 2. The maximum atomic E-state index is 12.2. The maximum absolute atomic E-state index is 12.2. The normalized spacial score (nSPS) is 11.5. The van der Waals surface area contributed by atoms with Crippen LogP contribution in [0.3, 0.4) is 0 Å². The van der Waals surface area contributed by atoms with Gasteiger partial charge in [0.05, 0.1) is 18.0 Å².